The maximum Gasteiger partial charge on any atom is 0.219 e. The fraction of sp³-hybridized carbons (Fsp3) is 0.360. The van der Waals surface area contributed by atoms with E-state index in [-0.39, 0.29) is 11.9 Å². The maximum absolute atomic E-state index is 12.4. The zero-order valence-corrected chi connectivity index (χ0v) is 17.5. The van der Waals surface area contributed by atoms with Gasteiger partial charge in [-0.1, -0.05) is 30.3 Å². The van der Waals surface area contributed by atoms with E-state index in [2.05, 4.69) is 51.2 Å². The van der Waals surface area contributed by atoms with Crippen molar-refractivity contribution in [2.24, 2.45) is 11.8 Å². The highest BCUT2D eigenvalue weighted by Gasteiger charge is 2.48. The van der Waals surface area contributed by atoms with E-state index >= 15 is 0 Å². The zero-order chi connectivity index (χ0) is 20.7. The van der Waals surface area contributed by atoms with E-state index in [1.807, 2.05) is 24.5 Å². The molecule has 0 bridgehead atoms. The van der Waals surface area contributed by atoms with Crippen LogP contribution < -0.4 is 4.74 Å². The summed E-state index contributed by atoms with van der Waals surface area (Å²) >= 11 is 0. The molecule has 5 rings (SSSR count). The van der Waals surface area contributed by atoms with Crippen molar-refractivity contribution in [1.82, 2.24) is 14.8 Å². The number of amides is 1. The molecule has 0 radical (unpaired) electrons. The van der Waals surface area contributed by atoms with Crippen LogP contribution in [0.2, 0.25) is 0 Å². The van der Waals surface area contributed by atoms with Gasteiger partial charge in [-0.05, 0) is 40.6 Å². The first-order valence-electron chi connectivity index (χ1n) is 10.6. The molecule has 2 aliphatic rings. The van der Waals surface area contributed by atoms with Crippen molar-refractivity contribution in [1.29, 1.82) is 0 Å². The lowest BCUT2D eigenvalue weighted by Crippen LogP contribution is -2.34. The Morgan fingerprint density at radius 1 is 1.10 bits per heavy atom. The van der Waals surface area contributed by atoms with E-state index in [1.165, 1.54) is 21.9 Å². The molecule has 0 N–H and O–H groups in total. The van der Waals surface area contributed by atoms with Crippen molar-refractivity contribution in [3.63, 3.8) is 0 Å². The Bertz CT molecular complexity index is 1060. The summed E-state index contributed by atoms with van der Waals surface area (Å²) in [6.07, 6.45) is 3.80. The Kier molecular flexibility index (Phi) is 4.91. The number of fused-ring (bicyclic) bond motifs is 2. The molecule has 3 heterocycles. The molecule has 2 aliphatic heterocycles. The van der Waals surface area contributed by atoms with Crippen molar-refractivity contribution in [3.05, 3.63) is 72.1 Å². The number of carbonyl (C=O) groups is 1. The van der Waals surface area contributed by atoms with Crippen LogP contribution >= 0.6 is 0 Å². The van der Waals surface area contributed by atoms with Gasteiger partial charge in [0.25, 0.3) is 0 Å². The average molecular weight is 402 g/mol. The lowest BCUT2D eigenvalue weighted by atomic mass is 9.89. The van der Waals surface area contributed by atoms with Gasteiger partial charge in [0.15, 0.2) is 0 Å². The Morgan fingerprint density at radius 3 is 2.70 bits per heavy atom. The predicted molar refractivity (Wildman–Crippen MR) is 117 cm³/mol. The Balaban J connectivity index is 1.39. The Morgan fingerprint density at radius 2 is 1.93 bits per heavy atom. The second-order valence-corrected chi connectivity index (χ2v) is 8.52. The standard InChI is InChI=1S/C25H27N3O2/c1-17(29)28-15-21-14-27(13-20-5-3-4-19-12-26-11-10-23(19)20)16-24(21)25(28)18-6-8-22(30-2)9-7-18/h3-12,21,24-25H,13-16H2,1-2H3/t21-,24-,25+/m1/s1. The van der Waals surface area contributed by atoms with E-state index in [4.69, 9.17) is 4.74 Å². The third-order valence-corrected chi connectivity index (χ3v) is 6.77. The number of hydrogen-bond donors (Lipinski definition) is 0. The van der Waals surface area contributed by atoms with E-state index in [0.717, 1.165) is 31.9 Å². The van der Waals surface area contributed by atoms with Gasteiger partial charge in [-0.15, -0.1) is 0 Å². The first-order chi connectivity index (χ1) is 14.6. The summed E-state index contributed by atoms with van der Waals surface area (Å²) in [5.41, 5.74) is 2.55. The molecule has 3 aromatic rings. The number of likely N-dealkylation sites (tertiary alicyclic amines) is 2. The van der Waals surface area contributed by atoms with Gasteiger partial charge in [0.2, 0.25) is 5.91 Å². The van der Waals surface area contributed by atoms with Crippen LogP contribution in [0.3, 0.4) is 0 Å². The zero-order valence-electron chi connectivity index (χ0n) is 17.5. The third-order valence-electron chi connectivity index (χ3n) is 6.77. The summed E-state index contributed by atoms with van der Waals surface area (Å²) in [5, 5.41) is 2.47. The number of pyridine rings is 1. The third kappa shape index (κ3) is 3.33. The van der Waals surface area contributed by atoms with Gasteiger partial charge in [0, 0.05) is 56.8 Å². The summed E-state index contributed by atoms with van der Waals surface area (Å²) in [5.74, 6) is 1.98. The minimum Gasteiger partial charge on any atom is -0.497 e. The van der Waals surface area contributed by atoms with Crippen molar-refractivity contribution in [2.75, 3.05) is 26.7 Å². The molecule has 2 saturated heterocycles. The minimum atomic E-state index is 0.139. The molecule has 5 nitrogen and oxygen atoms in total. The molecule has 0 spiro atoms. The smallest absolute Gasteiger partial charge is 0.219 e. The molecule has 1 amide bonds. The molecule has 2 aromatic carbocycles. The quantitative estimate of drug-likeness (QED) is 0.665. The summed E-state index contributed by atoms with van der Waals surface area (Å²) in [7, 11) is 1.68. The molecule has 154 valence electrons. The molecule has 3 atom stereocenters. The molecule has 2 fully saturated rings. The second kappa shape index (κ2) is 7.73. The first kappa shape index (κ1) is 19.1. The van der Waals surface area contributed by atoms with Gasteiger partial charge < -0.3 is 9.64 Å². The van der Waals surface area contributed by atoms with Crippen LogP contribution in [0.1, 0.15) is 24.1 Å². The number of nitrogens with zero attached hydrogens (tertiary/aromatic N) is 3. The summed E-state index contributed by atoms with van der Waals surface area (Å²) < 4.78 is 5.32. The van der Waals surface area contributed by atoms with Gasteiger partial charge in [-0.25, -0.2) is 0 Å². The summed E-state index contributed by atoms with van der Waals surface area (Å²) in [6.45, 7) is 5.51. The number of hydrogen-bond acceptors (Lipinski definition) is 4. The van der Waals surface area contributed by atoms with Crippen LogP contribution in [0.25, 0.3) is 10.8 Å². The van der Waals surface area contributed by atoms with Crippen LogP contribution in [0.15, 0.2) is 60.9 Å². The number of ether oxygens (including phenoxy) is 1. The summed E-state index contributed by atoms with van der Waals surface area (Å²) in [6, 6.07) is 16.9. The molecule has 1 aromatic heterocycles. The number of methoxy groups -OCH3 is 1. The van der Waals surface area contributed by atoms with Crippen LogP contribution in [0, 0.1) is 11.8 Å². The fourth-order valence-electron chi connectivity index (χ4n) is 5.39. The van der Waals surface area contributed by atoms with Crippen LogP contribution in [0.4, 0.5) is 0 Å². The first-order valence-corrected chi connectivity index (χ1v) is 10.6. The molecule has 30 heavy (non-hydrogen) atoms. The van der Waals surface area contributed by atoms with Crippen molar-refractivity contribution >= 4 is 16.7 Å². The predicted octanol–water partition coefficient (Wildman–Crippen LogP) is 3.89. The largest absolute Gasteiger partial charge is 0.497 e. The SMILES string of the molecule is COc1ccc([C@H]2[C@@H]3CN(Cc4cccc5cnccc45)C[C@@H]3CN2C(C)=O)cc1. The van der Waals surface area contributed by atoms with Gasteiger partial charge in [-0.2, -0.15) is 0 Å². The molecule has 0 unspecified atom stereocenters. The van der Waals surface area contributed by atoms with Crippen LogP contribution in [-0.4, -0.2) is 47.4 Å². The van der Waals surface area contributed by atoms with Gasteiger partial charge in [-0.3, -0.25) is 14.7 Å². The molecular formula is C25H27N3O2. The van der Waals surface area contributed by atoms with Gasteiger partial charge >= 0.3 is 0 Å². The normalized spacial score (nSPS) is 23.7. The Hall–Kier alpha value is -2.92. The van der Waals surface area contributed by atoms with Crippen molar-refractivity contribution in [3.8, 4) is 5.75 Å². The highest BCUT2D eigenvalue weighted by Crippen LogP contribution is 2.45. The fourth-order valence-corrected chi connectivity index (χ4v) is 5.39. The molecule has 5 heteroatoms. The highest BCUT2D eigenvalue weighted by molar-refractivity contribution is 5.84. The highest BCUT2D eigenvalue weighted by atomic mass is 16.5. The van der Waals surface area contributed by atoms with Crippen molar-refractivity contribution < 1.29 is 9.53 Å². The van der Waals surface area contributed by atoms with E-state index in [1.54, 1.807) is 14.0 Å². The maximum atomic E-state index is 12.4. The van der Waals surface area contributed by atoms with E-state index < -0.39 is 0 Å². The lowest BCUT2D eigenvalue weighted by molar-refractivity contribution is -0.130. The molecular weight excluding hydrogens is 374 g/mol. The number of benzene rings is 2. The Labute approximate surface area is 177 Å². The average Bonchev–Trinajstić information content (AvgIpc) is 3.31. The lowest BCUT2D eigenvalue weighted by Gasteiger charge is -2.29. The minimum absolute atomic E-state index is 0.139. The number of carbonyl (C=O) groups excluding carboxylic acids is 1. The molecule has 0 saturated carbocycles. The van der Waals surface area contributed by atoms with Crippen LogP contribution in [0.5, 0.6) is 5.75 Å². The second-order valence-electron chi connectivity index (χ2n) is 8.52. The number of aromatic nitrogens is 1. The monoisotopic (exact) mass is 401 g/mol. The van der Waals surface area contributed by atoms with Gasteiger partial charge in [0.05, 0.1) is 13.2 Å². The van der Waals surface area contributed by atoms with Gasteiger partial charge in [0.1, 0.15) is 5.75 Å². The number of rotatable bonds is 4. The van der Waals surface area contributed by atoms with E-state index in [9.17, 15) is 4.79 Å². The van der Waals surface area contributed by atoms with E-state index in [0.29, 0.717) is 11.8 Å². The van der Waals surface area contributed by atoms with Crippen LogP contribution in [-0.2, 0) is 11.3 Å². The topological polar surface area (TPSA) is 45.7 Å². The molecule has 0 aliphatic carbocycles. The van der Waals surface area contributed by atoms with Crippen molar-refractivity contribution in [2.45, 2.75) is 19.5 Å². The summed E-state index contributed by atoms with van der Waals surface area (Å²) in [4.78, 5) is 21.3.